The third kappa shape index (κ3) is 2.33. The molecular weight excluding hydrogens is 223 g/mol. The summed E-state index contributed by atoms with van der Waals surface area (Å²) in [5.74, 6) is -1.32. The zero-order chi connectivity index (χ0) is 12.4. The molecule has 92 valence electrons. The number of nitrogens with two attached hydrogens (primary N) is 1. The Morgan fingerprint density at radius 1 is 1.53 bits per heavy atom. The van der Waals surface area contributed by atoms with Crippen molar-refractivity contribution in [1.29, 1.82) is 0 Å². The van der Waals surface area contributed by atoms with Crippen molar-refractivity contribution < 1.29 is 14.3 Å². The molecule has 0 spiro atoms. The highest BCUT2D eigenvalue weighted by Crippen LogP contribution is 2.29. The minimum Gasteiger partial charge on any atom is -0.478 e. The van der Waals surface area contributed by atoms with Crippen molar-refractivity contribution >= 4 is 17.3 Å². The third-order valence-corrected chi connectivity index (χ3v) is 3.21. The Kier molecular flexibility index (Phi) is 3.17. The smallest absolute Gasteiger partial charge is 0.340 e. The summed E-state index contributed by atoms with van der Waals surface area (Å²) in [4.78, 5) is 11.0. The highest BCUT2D eigenvalue weighted by Gasteiger charge is 2.20. The molecule has 0 radical (unpaired) electrons. The minimum atomic E-state index is -1.21. The largest absolute Gasteiger partial charge is 0.478 e. The van der Waals surface area contributed by atoms with E-state index in [-0.39, 0.29) is 11.3 Å². The van der Waals surface area contributed by atoms with E-state index in [1.807, 2.05) is 0 Å². The molecule has 17 heavy (non-hydrogen) atoms. The van der Waals surface area contributed by atoms with E-state index in [1.54, 1.807) is 0 Å². The van der Waals surface area contributed by atoms with Gasteiger partial charge in [-0.25, -0.2) is 9.18 Å². The first-order chi connectivity index (χ1) is 8.09. The van der Waals surface area contributed by atoms with Crippen LogP contribution < -0.4 is 11.1 Å². The predicted molar refractivity (Wildman–Crippen MR) is 63.6 cm³/mol. The molecule has 0 bridgehead atoms. The van der Waals surface area contributed by atoms with E-state index < -0.39 is 11.8 Å². The van der Waals surface area contributed by atoms with Crippen molar-refractivity contribution in [2.24, 2.45) is 5.92 Å². The van der Waals surface area contributed by atoms with Gasteiger partial charge in [-0.2, -0.15) is 0 Å². The van der Waals surface area contributed by atoms with Gasteiger partial charge in [-0.15, -0.1) is 0 Å². The lowest BCUT2D eigenvalue weighted by atomic mass is 9.85. The average molecular weight is 238 g/mol. The molecule has 0 unspecified atom stereocenters. The Hall–Kier alpha value is -1.78. The van der Waals surface area contributed by atoms with Gasteiger partial charge in [0.1, 0.15) is 11.4 Å². The maximum Gasteiger partial charge on any atom is 0.340 e. The molecule has 1 aromatic rings. The van der Waals surface area contributed by atoms with Gasteiger partial charge in [-0.05, 0) is 30.9 Å². The van der Waals surface area contributed by atoms with E-state index >= 15 is 0 Å². The molecule has 1 aliphatic carbocycles. The molecule has 2 rings (SSSR count). The standard InChI is InChI=1S/C12H15FN2O2/c13-8-4-5-9(10(11(8)14)12(16)17)15-6-7-2-1-3-7/h4-5,7,15H,1-3,6,14H2,(H,16,17). The number of carbonyl (C=O) groups is 1. The normalized spacial score (nSPS) is 15.4. The van der Waals surface area contributed by atoms with Crippen LogP contribution in [0.1, 0.15) is 29.6 Å². The highest BCUT2D eigenvalue weighted by atomic mass is 19.1. The molecule has 0 aromatic heterocycles. The first-order valence-corrected chi connectivity index (χ1v) is 5.64. The summed E-state index contributed by atoms with van der Waals surface area (Å²) in [6.45, 7) is 0.714. The van der Waals surface area contributed by atoms with Gasteiger partial charge < -0.3 is 16.2 Å². The second kappa shape index (κ2) is 4.61. The molecule has 0 amide bonds. The molecule has 0 saturated heterocycles. The number of nitrogens with one attached hydrogen (secondary N) is 1. The van der Waals surface area contributed by atoms with Crippen molar-refractivity contribution in [2.75, 3.05) is 17.6 Å². The lowest BCUT2D eigenvalue weighted by Crippen LogP contribution is -2.22. The van der Waals surface area contributed by atoms with Crippen molar-refractivity contribution in [1.82, 2.24) is 0 Å². The van der Waals surface area contributed by atoms with Gasteiger partial charge in [0.15, 0.2) is 0 Å². The first-order valence-electron chi connectivity index (χ1n) is 5.64. The van der Waals surface area contributed by atoms with Crippen LogP contribution in [0, 0.1) is 11.7 Å². The number of aromatic carboxylic acids is 1. The second-order valence-corrected chi connectivity index (χ2v) is 4.37. The summed E-state index contributed by atoms with van der Waals surface area (Å²) < 4.78 is 13.2. The average Bonchev–Trinajstić information content (AvgIpc) is 2.20. The number of rotatable bonds is 4. The van der Waals surface area contributed by atoms with Crippen LogP contribution in [0.25, 0.3) is 0 Å². The number of hydrogen-bond donors (Lipinski definition) is 3. The molecule has 1 aliphatic rings. The molecule has 4 N–H and O–H groups in total. The number of halogens is 1. The Morgan fingerprint density at radius 3 is 2.76 bits per heavy atom. The third-order valence-electron chi connectivity index (χ3n) is 3.21. The molecule has 1 aromatic carbocycles. The maximum atomic E-state index is 13.2. The number of anilines is 2. The summed E-state index contributed by atoms with van der Waals surface area (Å²) in [6.07, 6.45) is 3.54. The predicted octanol–water partition coefficient (Wildman–Crippen LogP) is 2.32. The molecule has 0 atom stereocenters. The van der Waals surface area contributed by atoms with Crippen LogP contribution >= 0.6 is 0 Å². The van der Waals surface area contributed by atoms with Gasteiger partial charge in [0.2, 0.25) is 0 Å². The zero-order valence-electron chi connectivity index (χ0n) is 9.37. The number of carboxylic acids is 1. The van der Waals surface area contributed by atoms with Crippen molar-refractivity contribution in [3.8, 4) is 0 Å². The van der Waals surface area contributed by atoms with Crippen molar-refractivity contribution in [3.05, 3.63) is 23.5 Å². The van der Waals surface area contributed by atoms with Gasteiger partial charge in [-0.3, -0.25) is 0 Å². The topological polar surface area (TPSA) is 75.3 Å². The minimum absolute atomic E-state index is 0.177. The molecule has 4 nitrogen and oxygen atoms in total. The van der Waals surface area contributed by atoms with Crippen molar-refractivity contribution in [3.63, 3.8) is 0 Å². The van der Waals surface area contributed by atoms with E-state index in [2.05, 4.69) is 5.32 Å². The summed E-state index contributed by atoms with van der Waals surface area (Å²) in [6, 6.07) is 2.61. The van der Waals surface area contributed by atoms with E-state index in [9.17, 15) is 9.18 Å². The SMILES string of the molecule is Nc1c(F)ccc(NCC2CCC2)c1C(=O)O. The number of benzene rings is 1. The van der Waals surface area contributed by atoms with Crippen molar-refractivity contribution in [2.45, 2.75) is 19.3 Å². The van der Waals surface area contributed by atoms with Gasteiger partial charge in [0, 0.05) is 6.54 Å². The lowest BCUT2D eigenvalue weighted by molar-refractivity contribution is 0.0698. The number of carboxylic acid groups (broad SMARTS) is 1. The Labute approximate surface area is 98.6 Å². The summed E-state index contributed by atoms with van der Waals surface area (Å²) in [5.41, 5.74) is 5.35. The van der Waals surface area contributed by atoms with Crippen LogP contribution in [0.3, 0.4) is 0 Å². The van der Waals surface area contributed by atoms with Crippen LogP contribution in [0.2, 0.25) is 0 Å². The van der Waals surface area contributed by atoms with Gasteiger partial charge >= 0.3 is 5.97 Å². The van der Waals surface area contributed by atoms with Crippen LogP contribution in [0.15, 0.2) is 12.1 Å². The van der Waals surface area contributed by atoms with E-state index in [4.69, 9.17) is 10.8 Å². The molecular formula is C12H15FN2O2. The first kappa shape index (κ1) is 11.7. The highest BCUT2D eigenvalue weighted by molar-refractivity contribution is 6.00. The zero-order valence-corrected chi connectivity index (χ0v) is 9.37. The van der Waals surface area contributed by atoms with Crippen LogP contribution in [-0.2, 0) is 0 Å². The van der Waals surface area contributed by atoms with Crippen LogP contribution in [0.5, 0.6) is 0 Å². The maximum absolute atomic E-state index is 13.2. The Morgan fingerprint density at radius 2 is 2.24 bits per heavy atom. The molecule has 1 fully saturated rings. The molecule has 1 saturated carbocycles. The fourth-order valence-corrected chi connectivity index (χ4v) is 1.92. The van der Waals surface area contributed by atoms with E-state index in [0.29, 0.717) is 18.2 Å². The monoisotopic (exact) mass is 238 g/mol. The Balaban J connectivity index is 2.19. The Bertz CT molecular complexity index is 444. The molecule has 0 heterocycles. The van der Waals surface area contributed by atoms with Gasteiger partial charge in [0.25, 0.3) is 0 Å². The summed E-state index contributed by atoms with van der Waals surface area (Å²) >= 11 is 0. The molecule has 0 aliphatic heterocycles. The van der Waals surface area contributed by atoms with Crippen LogP contribution in [0.4, 0.5) is 15.8 Å². The number of hydrogen-bond acceptors (Lipinski definition) is 3. The fourth-order valence-electron chi connectivity index (χ4n) is 1.92. The lowest BCUT2D eigenvalue weighted by Gasteiger charge is -2.26. The van der Waals surface area contributed by atoms with Gasteiger partial charge in [-0.1, -0.05) is 6.42 Å². The van der Waals surface area contributed by atoms with Crippen LogP contribution in [-0.4, -0.2) is 17.6 Å². The van der Waals surface area contributed by atoms with E-state index in [0.717, 1.165) is 12.8 Å². The number of nitrogen functional groups attached to an aromatic ring is 1. The summed E-state index contributed by atoms with van der Waals surface area (Å²) in [7, 11) is 0. The summed E-state index contributed by atoms with van der Waals surface area (Å²) in [5, 5.41) is 12.1. The quantitative estimate of drug-likeness (QED) is 0.704. The second-order valence-electron chi connectivity index (χ2n) is 4.37. The van der Waals surface area contributed by atoms with Gasteiger partial charge in [0.05, 0.1) is 11.4 Å². The molecule has 5 heteroatoms. The van der Waals surface area contributed by atoms with E-state index in [1.165, 1.54) is 18.6 Å². The fraction of sp³-hybridized carbons (Fsp3) is 0.417.